The number of nitrogens with two attached hydrogens (primary N) is 1. The van der Waals surface area contributed by atoms with E-state index in [1.807, 2.05) is 6.92 Å². The summed E-state index contributed by atoms with van der Waals surface area (Å²) in [5.41, 5.74) is 6.08. The highest BCUT2D eigenvalue weighted by molar-refractivity contribution is 7.99. The fourth-order valence-electron chi connectivity index (χ4n) is 0.955. The third-order valence-corrected chi connectivity index (χ3v) is 2.60. The van der Waals surface area contributed by atoms with Gasteiger partial charge in [0, 0.05) is 5.25 Å². The Morgan fingerprint density at radius 2 is 2.43 bits per heavy atom. The van der Waals surface area contributed by atoms with Crippen molar-refractivity contribution in [3.63, 3.8) is 0 Å². The van der Waals surface area contributed by atoms with E-state index in [1.54, 1.807) is 18.3 Å². The van der Waals surface area contributed by atoms with Crippen LogP contribution in [0.3, 0.4) is 0 Å². The Kier molecular flexibility index (Phi) is 3.76. The first kappa shape index (κ1) is 10.8. The number of aliphatic carboxylic acids is 1. The molecular formula is C9H12N2O2S. The van der Waals surface area contributed by atoms with Gasteiger partial charge in [-0.2, -0.15) is 0 Å². The molecule has 0 aromatic carbocycles. The predicted octanol–water partition coefficient (Wildman–Crippen LogP) is 1.62. The van der Waals surface area contributed by atoms with Crippen LogP contribution in [0.2, 0.25) is 0 Å². The lowest BCUT2D eigenvalue weighted by Crippen LogP contribution is -2.05. The molecule has 0 bridgehead atoms. The Labute approximate surface area is 86.5 Å². The number of nitrogen functional groups attached to an aromatic ring is 1. The van der Waals surface area contributed by atoms with E-state index in [4.69, 9.17) is 10.8 Å². The normalized spacial score (nSPS) is 12.4. The maximum atomic E-state index is 10.4. The lowest BCUT2D eigenvalue weighted by atomic mass is 10.3. The number of aromatic nitrogens is 1. The topological polar surface area (TPSA) is 76.2 Å². The molecule has 1 heterocycles. The summed E-state index contributed by atoms with van der Waals surface area (Å²) in [6.07, 6.45) is 1.70. The maximum absolute atomic E-state index is 10.4. The molecular weight excluding hydrogens is 200 g/mol. The van der Waals surface area contributed by atoms with E-state index in [9.17, 15) is 4.79 Å². The van der Waals surface area contributed by atoms with E-state index in [2.05, 4.69) is 4.98 Å². The molecule has 0 aliphatic heterocycles. The van der Waals surface area contributed by atoms with Crippen LogP contribution < -0.4 is 5.73 Å². The van der Waals surface area contributed by atoms with E-state index in [1.165, 1.54) is 11.8 Å². The van der Waals surface area contributed by atoms with Gasteiger partial charge in [-0.05, 0) is 12.1 Å². The summed E-state index contributed by atoms with van der Waals surface area (Å²) >= 11 is 1.43. The highest BCUT2D eigenvalue weighted by Gasteiger charge is 2.09. The zero-order valence-electron chi connectivity index (χ0n) is 7.80. The summed E-state index contributed by atoms with van der Waals surface area (Å²) in [6, 6.07) is 3.54. The van der Waals surface area contributed by atoms with Crippen LogP contribution in [-0.2, 0) is 4.79 Å². The summed E-state index contributed by atoms with van der Waals surface area (Å²) in [5.74, 6) is -0.791. The molecule has 0 radical (unpaired) electrons. The lowest BCUT2D eigenvalue weighted by Gasteiger charge is -2.06. The van der Waals surface area contributed by atoms with Gasteiger partial charge in [-0.15, -0.1) is 11.8 Å². The third-order valence-electron chi connectivity index (χ3n) is 1.54. The van der Waals surface area contributed by atoms with Crippen LogP contribution in [0.4, 0.5) is 5.69 Å². The van der Waals surface area contributed by atoms with Crippen LogP contribution in [0, 0.1) is 0 Å². The highest BCUT2D eigenvalue weighted by Crippen LogP contribution is 2.23. The Hall–Kier alpha value is -1.23. The summed E-state index contributed by atoms with van der Waals surface area (Å²) in [4.78, 5) is 14.5. The Balaban J connectivity index is 2.51. The first-order chi connectivity index (χ1) is 6.58. The molecule has 0 spiro atoms. The molecule has 1 aromatic heterocycles. The van der Waals surface area contributed by atoms with Crippen molar-refractivity contribution in [2.75, 3.05) is 5.73 Å². The SMILES string of the molecule is CC(CC(=O)O)Sc1ccc(N)cn1. The van der Waals surface area contributed by atoms with E-state index in [0.717, 1.165) is 5.03 Å². The standard InChI is InChI=1S/C9H12N2O2S/c1-6(4-9(12)13)14-8-3-2-7(10)5-11-8/h2-3,5-6H,4,10H2,1H3,(H,12,13). The number of carboxylic acids is 1. The minimum absolute atomic E-state index is 0.0172. The Morgan fingerprint density at radius 3 is 2.93 bits per heavy atom. The fraction of sp³-hybridized carbons (Fsp3) is 0.333. The van der Waals surface area contributed by atoms with Gasteiger partial charge in [0.1, 0.15) is 0 Å². The van der Waals surface area contributed by atoms with Crippen LogP contribution in [0.1, 0.15) is 13.3 Å². The van der Waals surface area contributed by atoms with Gasteiger partial charge in [-0.1, -0.05) is 6.92 Å². The second-order valence-electron chi connectivity index (χ2n) is 2.96. The number of carbonyl (C=O) groups is 1. The van der Waals surface area contributed by atoms with Crippen molar-refractivity contribution in [1.82, 2.24) is 4.98 Å². The molecule has 0 saturated carbocycles. The van der Waals surface area contributed by atoms with Crippen LogP contribution in [-0.4, -0.2) is 21.3 Å². The number of thioether (sulfide) groups is 1. The number of rotatable bonds is 4. The molecule has 14 heavy (non-hydrogen) atoms. The van der Waals surface area contributed by atoms with E-state index < -0.39 is 5.97 Å². The van der Waals surface area contributed by atoms with Crippen molar-refractivity contribution in [2.24, 2.45) is 0 Å². The largest absolute Gasteiger partial charge is 0.481 e. The summed E-state index contributed by atoms with van der Waals surface area (Å²) in [7, 11) is 0. The monoisotopic (exact) mass is 212 g/mol. The lowest BCUT2D eigenvalue weighted by molar-refractivity contribution is -0.136. The number of anilines is 1. The fourth-order valence-corrected chi connectivity index (χ4v) is 1.85. The molecule has 76 valence electrons. The maximum Gasteiger partial charge on any atom is 0.304 e. The van der Waals surface area contributed by atoms with E-state index in [0.29, 0.717) is 5.69 Å². The van der Waals surface area contributed by atoms with Crippen molar-refractivity contribution in [2.45, 2.75) is 23.6 Å². The first-order valence-electron chi connectivity index (χ1n) is 4.18. The molecule has 1 unspecified atom stereocenters. The Bertz CT molecular complexity index is 313. The zero-order chi connectivity index (χ0) is 10.6. The molecule has 0 aliphatic carbocycles. The number of pyridine rings is 1. The summed E-state index contributed by atoms with van der Waals surface area (Å²) < 4.78 is 0. The zero-order valence-corrected chi connectivity index (χ0v) is 8.62. The third kappa shape index (κ3) is 3.66. The average Bonchev–Trinajstić information content (AvgIpc) is 2.07. The number of hydrogen-bond acceptors (Lipinski definition) is 4. The molecule has 0 saturated heterocycles. The van der Waals surface area contributed by atoms with Gasteiger partial charge in [0.15, 0.2) is 0 Å². The molecule has 1 atom stereocenters. The molecule has 4 nitrogen and oxygen atoms in total. The van der Waals surface area contributed by atoms with Crippen molar-refractivity contribution >= 4 is 23.4 Å². The van der Waals surface area contributed by atoms with Crippen LogP contribution in [0.25, 0.3) is 0 Å². The molecule has 5 heteroatoms. The highest BCUT2D eigenvalue weighted by atomic mass is 32.2. The minimum atomic E-state index is -0.791. The number of carboxylic acid groups (broad SMARTS) is 1. The molecule has 1 rings (SSSR count). The molecule has 0 fully saturated rings. The summed E-state index contributed by atoms with van der Waals surface area (Å²) in [6.45, 7) is 1.86. The average molecular weight is 212 g/mol. The number of nitrogens with zero attached hydrogens (tertiary/aromatic N) is 1. The minimum Gasteiger partial charge on any atom is -0.481 e. The van der Waals surface area contributed by atoms with Gasteiger partial charge in [0.2, 0.25) is 0 Å². The van der Waals surface area contributed by atoms with Crippen LogP contribution in [0.15, 0.2) is 23.4 Å². The predicted molar refractivity (Wildman–Crippen MR) is 56.2 cm³/mol. The van der Waals surface area contributed by atoms with Gasteiger partial charge in [-0.3, -0.25) is 4.79 Å². The van der Waals surface area contributed by atoms with Gasteiger partial charge < -0.3 is 10.8 Å². The summed E-state index contributed by atoms with van der Waals surface area (Å²) in [5, 5.41) is 9.37. The van der Waals surface area contributed by atoms with Gasteiger partial charge in [0.25, 0.3) is 0 Å². The van der Waals surface area contributed by atoms with Crippen LogP contribution >= 0.6 is 11.8 Å². The van der Waals surface area contributed by atoms with Gasteiger partial charge >= 0.3 is 5.97 Å². The smallest absolute Gasteiger partial charge is 0.304 e. The molecule has 1 aromatic rings. The van der Waals surface area contributed by atoms with Crippen LogP contribution in [0.5, 0.6) is 0 Å². The van der Waals surface area contributed by atoms with Crippen molar-refractivity contribution in [3.05, 3.63) is 18.3 Å². The molecule has 0 amide bonds. The molecule has 3 N–H and O–H groups in total. The van der Waals surface area contributed by atoms with Gasteiger partial charge in [-0.25, -0.2) is 4.98 Å². The van der Waals surface area contributed by atoms with Crippen molar-refractivity contribution < 1.29 is 9.90 Å². The number of hydrogen-bond donors (Lipinski definition) is 2. The van der Waals surface area contributed by atoms with Crippen molar-refractivity contribution in [1.29, 1.82) is 0 Å². The first-order valence-corrected chi connectivity index (χ1v) is 5.06. The Morgan fingerprint density at radius 1 is 1.71 bits per heavy atom. The second kappa shape index (κ2) is 4.85. The van der Waals surface area contributed by atoms with E-state index >= 15 is 0 Å². The van der Waals surface area contributed by atoms with E-state index in [-0.39, 0.29) is 11.7 Å². The van der Waals surface area contributed by atoms with Crippen molar-refractivity contribution in [3.8, 4) is 0 Å². The van der Waals surface area contributed by atoms with Gasteiger partial charge in [0.05, 0.1) is 23.3 Å². The second-order valence-corrected chi connectivity index (χ2v) is 4.41. The molecule has 0 aliphatic rings. The quantitative estimate of drug-likeness (QED) is 0.742.